The average molecular weight is 256 g/mol. The van der Waals surface area contributed by atoms with E-state index in [1.54, 1.807) is 0 Å². The van der Waals surface area contributed by atoms with Crippen molar-refractivity contribution in [2.24, 2.45) is 5.73 Å². The molecule has 0 aliphatic heterocycles. The maximum absolute atomic E-state index is 12.5. The van der Waals surface area contributed by atoms with Gasteiger partial charge in [0.1, 0.15) is 6.54 Å². The van der Waals surface area contributed by atoms with Crippen LogP contribution in [0.2, 0.25) is 0 Å². The second kappa shape index (κ2) is 5.26. The first-order chi connectivity index (χ1) is 8.17. The fourth-order valence-electron chi connectivity index (χ4n) is 2.41. The lowest BCUT2D eigenvalue weighted by Gasteiger charge is -2.42. The molecule has 5 heteroatoms. The van der Waals surface area contributed by atoms with Crippen molar-refractivity contribution in [1.29, 1.82) is 0 Å². The van der Waals surface area contributed by atoms with Gasteiger partial charge in [0.05, 0.1) is 5.54 Å². The minimum Gasteiger partial charge on any atom is -0.480 e. The molecule has 1 rings (SSSR count). The first-order valence-corrected chi connectivity index (χ1v) is 6.49. The van der Waals surface area contributed by atoms with Crippen LogP contribution in [0.3, 0.4) is 0 Å². The zero-order chi connectivity index (χ0) is 14.0. The molecule has 0 saturated heterocycles. The topological polar surface area (TPSA) is 83.6 Å². The molecule has 1 saturated carbocycles. The Bertz CT molecular complexity index is 328. The largest absolute Gasteiger partial charge is 0.480 e. The first kappa shape index (κ1) is 15.0. The van der Waals surface area contributed by atoms with E-state index in [0.29, 0.717) is 12.8 Å². The van der Waals surface area contributed by atoms with Crippen LogP contribution < -0.4 is 5.73 Å². The summed E-state index contributed by atoms with van der Waals surface area (Å²) in [6.45, 7) is 5.21. The molecule has 18 heavy (non-hydrogen) atoms. The van der Waals surface area contributed by atoms with Crippen LogP contribution >= 0.6 is 0 Å². The van der Waals surface area contributed by atoms with Crippen molar-refractivity contribution in [2.45, 2.75) is 64.0 Å². The summed E-state index contributed by atoms with van der Waals surface area (Å²) in [7, 11) is 0. The highest BCUT2D eigenvalue weighted by molar-refractivity contribution is 5.89. The van der Waals surface area contributed by atoms with Crippen LogP contribution in [0.25, 0.3) is 0 Å². The second-order valence-corrected chi connectivity index (χ2v) is 6.17. The highest BCUT2D eigenvalue weighted by Gasteiger charge is 2.42. The van der Waals surface area contributed by atoms with E-state index in [-0.39, 0.29) is 12.5 Å². The van der Waals surface area contributed by atoms with Gasteiger partial charge < -0.3 is 15.7 Å². The molecule has 5 nitrogen and oxygen atoms in total. The van der Waals surface area contributed by atoms with Gasteiger partial charge in [-0.15, -0.1) is 0 Å². The molecule has 0 heterocycles. The maximum Gasteiger partial charge on any atom is 0.323 e. The van der Waals surface area contributed by atoms with Gasteiger partial charge in [0, 0.05) is 5.54 Å². The molecule has 0 bridgehead atoms. The molecule has 0 unspecified atom stereocenters. The predicted molar refractivity (Wildman–Crippen MR) is 69.1 cm³/mol. The third kappa shape index (κ3) is 3.45. The summed E-state index contributed by atoms with van der Waals surface area (Å²) < 4.78 is 0. The van der Waals surface area contributed by atoms with Crippen molar-refractivity contribution in [1.82, 2.24) is 4.90 Å². The normalized spacial score (nSPS) is 19.3. The van der Waals surface area contributed by atoms with Crippen molar-refractivity contribution < 1.29 is 14.7 Å². The van der Waals surface area contributed by atoms with Crippen molar-refractivity contribution in [3.8, 4) is 0 Å². The summed E-state index contributed by atoms with van der Waals surface area (Å²) in [5.41, 5.74) is 4.79. The lowest BCUT2D eigenvalue weighted by molar-refractivity contribution is -0.152. The molecule has 1 aliphatic rings. The van der Waals surface area contributed by atoms with Crippen LogP contribution in [0.5, 0.6) is 0 Å². The molecular formula is C13H24N2O3. The quantitative estimate of drug-likeness (QED) is 0.798. The van der Waals surface area contributed by atoms with Crippen LogP contribution in [0.15, 0.2) is 0 Å². The van der Waals surface area contributed by atoms with E-state index in [0.717, 1.165) is 19.3 Å². The van der Waals surface area contributed by atoms with Gasteiger partial charge in [-0.25, -0.2) is 0 Å². The van der Waals surface area contributed by atoms with Gasteiger partial charge in [-0.3, -0.25) is 9.59 Å². The Morgan fingerprint density at radius 3 is 2.11 bits per heavy atom. The van der Waals surface area contributed by atoms with E-state index in [9.17, 15) is 9.59 Å². The van der Waals surface area contributed by atoms with Gasteiger partial charge in [-0.2, -0.15) is 0 Å². The summed E-state index contributed by atoms with van der Waals surface area (Å²) in [5.74, 6) is -1.23. The van der Waals surface area contributed by atoms with E-state index in [1.807, 2.05) is 20.8 Å². The van der Waals surface area contributed by atoms with Crippen LogP contribution in [-0.4, -0.2) is 39.5 Å². The number of carbonyl (C=O) groups is 2. The fourth-order valence-corrected chi connectivity index (χ4v) is 2.41. The molecule has 0 spiro atoms. The van der Waals surface area contributed by atoms with Crippen molar-refractivity contribution >= 4 is 11.9 Å². The van der Waals surface area contributed by atoms with E-state index in [2.05, 4.69) is 0 Å². The Kier molecular flexibility index (Phi) is 4.37. The first-order valence-electron chi connectivity index (χ1n) is 6.49. The highest BCUT2D eigenvalue weighted by atomic mass is 16.4. The minimum absolute atomic E-state index is 0.225. The fraction of sp³-hybridized carbons (Fsp3) is 0.846. The van der Waals surface area contributed by atoms with Crippen LogP contribution in [0, 0.1) is 0 Å². The number of carboxylic acid groups (broad SMARTS) is 1. The van der Waals surface area contributed by atoms with E-state index < -0.39 is 17.0 Å². The third-order valence-electron chi connectivity index (χ3n) is 3.52. The Morgan fingerprint density at radius 2 is 1.72 bits per heavy atom. The Balaban J connectivity index is 2.91. The lowest BCUT2D eigenvalue weighted by atomic mass is 9.80. The zero-order valence-corrected chi connectivity index (χ0v) is 11.5. The smallest absolute Gasteiger partial charge is 0.323 e. The third-order valence-corrected chi connectivity index (χ3v) is 3.52. The lowest BCUT2D eigenvalue weighted by Crippen LogP contribution is -2.61. The van der Waals surface area contributed by atoms with Crippen LogP contribution in [0.4, 0.5) is 0 Å². The SMILES string of the molecule is CC(C)(C)N(CC(=O)O)C(=O)C1(N)CCCCC1. The molecule has 0 aromatic carbocycles. The van der Waals surface area contributed by atoms with E-state index in [4.69, 9.17) is 10.8 Å². The van der Waals surface area contributed by atoms with Crippen LogP contribution in [-0.2, 0) is 9.59 Å². The molecule has 0 radical (unpaired) electrons. The van der Waals surface area contributed by atoms with E-state index in [1.165, 1.54) is 4.90 Å². The summed E-state index contributed by atoms with van der Waals surface area (Å²) >= 11 is 0. The second-order valence-electron chi connectivity index (χ2n) is 6.17. The van der Waals surface area contributed by atoms with Crippen molar-refractivity contribution in [3.63, 3.8) is 0 Å². The van der Waals surface area contributed by atoms with Crippen molar-refractivity contribution in [2.75, 3.05) is 6.54 Å². The predicted octanol–water partition coefficient (Wildman–Crippen LogP) is 1.36. The number of carbonyl (C=O) groups excluding carboxylic acids is 1. The molecule has 104 valence electrons. The molecule has 0 aromatic rings. The molecule has 0 atom stereocenters. The summed E-state index contributed by atoms with van der Waals surface area (Å²) in [4.78, 5) is 24.8. The number of nitrogens with zero attached hydrogens (tertiary/aromatic N) is 1. The Hall–Kier alpha value is -1.10. The van der Waals surface area contributed by atoms with Gasteiger partial charge >= 0.3 is 5.97 Å². The Labute approximate surface area is 108 Å². The van der Waals surface area contributed by atoms with Gasteiger partial charge in [0.15, 0.2) is 0 Å². The molecular weight excluding hydrogens is 232 g/mol. The van der Waals surface area contributed by atoms with Gasteiger partial charge in [0.2, 0.25) is 5.91 Å². The minimum atomic E-state index is -1.00. The molecule has 3 N–H and O–H groups in total. The number of nitrogens with two attached hydrogens (primary N) is 1. The summed E-state index contributed by atoms with van der Waals surface area (Å²) in [6, 6.07) is 0. The van der Waals surface area contributed by atoms with E-state index >= 15 is 0 Å². The number of carboxylic acids is 1. The molecule has 1 aliphatic carbocycles. The van der Waals surface area contributed by atoms with Crippen LogP contribution in [0.1, 0.15) is 52.9 Å². The molecule has 0 aromatic heterocycles. The van der Waals surface area contributed by atoms with Gasteiger partial charge in [-0.05, 0) is 33.6 Å². The number of amides is 1. The van der Waals surface area contributed by atoms with Gasteiger partial charge in [-0.1, -0.05) is 19.3 Å². The summed E-state index contributed by atoms with van der Waals surface area (Å²) in [6.07, 6.45) is 4.28. The van der Waals surface area contributed by atoms with Gasteiger partial charge in [0.25, 0.3) is 0 Å². The van der Waals surface area contributed by atoms with Crippen molar-refractivity contribution in [3.05, 3.63) is 0 Å². The number of rotatable bonds is 3. The molecule has 1 fully saturated rings. The molecule has 1 amide bonds. The zero-order valence-electron chi connectivity index (χ0n) is 11.5. The Morgan fingerprint density at radius 1 is 1.22 bits per heavy atom. The highest BCUT2D eigenvalue weighted by Crippen LogP contribution is 2.29. The number of hydrogen-bond acceptors (Lipinski definition) is 3. The monoisotopic (exact) mass is 256 g/mol. The standard InChI is InChI=1S/C13H24N2O3/c1-12(2,3)15(9-10(16)17)11(18)13(14)7-5-4-6-8-13/h4-9,14H2,1-3H3,(H,16,17). The number of aliphatic carboxylic acids is 1. The summed E-state index contributed by atoms with van der Waals surface area (Å²) in [5, 5.41) is 8.94. The maximum atomic E-state index is 12.5. The number of hydrogen-bond donors (Lipinski definition) is 2. The average Bonchev–Trinajstić information content (AvgIpc) is 2.24.